The Bertz CT molecular complexity index is 749. The highest BCUT2D eigenvalue weighted by Crippen LogP contribution is 2.35. The number of hydrogen-bond donors (Lipinski definition) is 0. The lowest BCUT2D eigenvalue weighted by molar-refractivity contribution is -0.403. The summed E-state index contributed by atoms with van der Waals surface area (Å²) >= 11 is 1.39. The molecule has 0 saturated carbocycles. The molecule has 2 aromatic rings. The van der Waals surface area contributed by atoms with Crippen molar-refractivity contribution in [2.75, 3.05) is 0 Å². The molecule has 2 rings (SSSR count). The molecule has 112 valence electrons. The fourth-order valence-corrected chi connectivity index (χ4v) is 2.36. The van der Waals surface area contributed by atoms with Crippen LogP contribution in [0.25, 0.3) is 12.2 Å². The first-order valence-corrected chi connectivity index (χ1v) is 6.66. The van der Waals surface area contributed by atoms with E-state index in [-0.39, 0.29) is 5.56 Å². The van der Waals surface area contributed by atoms with E-state index >= 15 is 0 Å². The zero-order valence-corrected chi connectivity index (χ0v) is 11.6. The Hall–Kier alpha value is -3.14. The van der Waals surface area contributed by atoms with Gasteiger partial charge in [0.2, 0.25) is 0 Å². The summed E-state index contributed by atoms with van der Waals surface area (Å²) in [6.07, 6.45) is 2.68. The van der Waals surface area contributed by atoms with Gasteiger partial charge < -0.3 is 0 Å². The lowest BCUT2D eigenvalue weighted by Gasteiger charge is -2.00. The molecule has 0 saturated heterocycles. The van der Waals surface area contributed by atoms with E-state index in [1.807, 2.05) is 0 Å². The quantitative estimate of drug-likeness (QED) is 0.610. The molecule has 10 heteroatoms. The molecule has 0 aliphatic heterocycles. The minimum atomic E-state index is -0.910. The van der Waals surface area contributed by atoms with Gasteiger partial charge in [-0.05, 0) is 28.5 Å². The standard InChI is InChI=1S/C12H7N3O6S/c16-13(17)9-5-11(14(18)19)10(12(6-9)15(20)21)2-1-8-3-4-22-7-8/h1-7H. The Labute approximate surface area is 126 Å². The molecule has 0 aliphatic carbocycles. The van der Waals surface area contributed by atoms with Crippen molar-refractivity contribution < 1.29 is 14.8 Å². The topological polar surface area (TPSA) is 129 Å². The lowest BCUT2D eigenvalue weighted by Crippen LogP contribution is -2.00. The van der Waals surface area contributed by atoms with Gasteiger partial charge in [0.15, 0.2) is 0 Å². The van der Waals surface area contributed by atoms with Crippen LogP contribution in [0.1, 0.15) is 11.1 Å². The number of rotatable bonds is 5. The molecule has 1 aromatic heterocycles. The first kappa shape index (κ1) is 15.3. The average Bonchev–Trinajstić information content (AvgIpc) is 2.96. The summed E-state index contributed by atoms with van der Waals surface area (Å²) in [6, 6.07) is 3.14. The number of nitrogens with zero attached hydrogens (tertiary/aromatic N) is 3. The molecular weight excluding hydrogens is 314 g/mol. The van der Waals surface area contributed by atoms with Crippen LogP contribution in [-0.4, -0.2) is 14.8 Å². The molecular formula is C12H7N3O6S. The zero-order valence-electron chi connectivity index (χ0n) is 10.7. The van der Waals surface area contributed by atoms with Crippen LogP contribution in [0, 0.1) is 30.3 Å². The van der Waals surface area contributed by atoms with E-state index in [0.29, 0.717) is 17.7 Å². The van der Waals surface area contributed by atoms with Crippen molar-refractivity contribution in [3.8, 4) is 0 Å². The Kier molecular flexibility index (Phi) is 4.23. The van der Waals surface area contributed by atoms with Gasteiger partial charge in [-0.3, -0.25) is 30.3 Å². The van der Waals surface area contributed by atoms with Crippen molar-refractivity contribution in [1.29, 1.82) is 0 Å². The number of hydrogen-bond acceptors (Lipinski definition) is 7. The average molecular weight is 321 g/mol. The van der Waals surface area contributed by atoms with Gasteiger partial charge in [0, 0.05) is 0 Å². The normalized spacial score (nSPS) is 10.7. The van der Waals surface area contributed by atoms with Gasteiger partial charge in [-0.25, -0.2) is 0 Å². The third-order valence-electron chi connectivity index (χ3n) is 2.71. The van der Waals surface area contributed by atoms with E-state index in [0.717, 1.165) is 0 Å². The number of benzene rings is 1. The molecule has 1 aromatic carbocycles. The van der Waals surface area contributed by atoms with Crippen LogP contribution < -0.4 is 0 Å². The fraction of sp³-hybridized carbons (Fsp3) is 0. The van der Waals surface area contributed by atoms with E-state index in [1.54, 1.807) is 16.8 Å². The van der Waals surface area contributed by atoms with Gasteiger partial charge in [-0.2, -0.15) is 11.3 Å². The summed E-state index contributed by atoms with van der Waals surface area (Å²) in [6.45, 7) is 0. The summed E-state index contributed by atoms with van der Waals surface area (Å²) < 4.78 is 0. The molecule has 0 aliphatic rings. The van der Waals surface area contributed by atoms with Gasteiger partial charge in [0.1, 0.15) is 5.56 Å². The van der Waals surface area contributed by atoms with E-state index in [9.17, 15) is 30.3 Å². The molecule has 1 heterocycles. The van der Waals surface area contributed by atoms with Crippen LogP contribution in [0.2, 0.25) is 0 Å². The Morgan fingerprint density at radius 3 is 1.91 bits per heavy atom. The maximum Gasteiger partial charge on any atom is 0.290 e. The highest BCUT2D eigenvalue weighted by atomic mass is 32.1. The molecule has 0 atom stereocenters. The molecule has 0 bridgehead atoms. The van der Waals surface area contributed by atoms with E-state index in [4.69, 9.17) is 0 Å². The van der Waals surface area contributed by atoms with Crippen molar-refractivity contribution in [3.63, 3.8) is 0 Å². The van der Waals surface area contributed by atoms with Crippen molar-refractivity contribution in [3.05, 3.63) is 70.4 Å². The fourth-order valence-electron chi connectivity index (χ4n) is 1.74. The van der Waals surface area contributed by atoms with Crippen LogP contribution >= 0.6 is 11.3 Å². The van der Waals surface area contributed by atoms with Crippen LogP contribution in [0.5, 0.6) is 0 Å². The third-order valence-corrected chi connectivity index (χ3v) is 3.41. The van der Waals surface area contributed by atoms with Crippen LogP contribution in [0.4, 0.5) is 17.1 Å². The summed E-state index contributed by atoms with van der Waals surface area (Å²) in [5, 5.41) is 36.4. The van der Waals surface area contributed by atoms with Crippen molar-refractivity contribution in [2.24, 2.45) is 0 Å². The first-order valence-electron chi connectivity index (χ1n) is 5.71. The maximum atomic E-state index is 11.1. The van der Waals surface area contributed by atoms with E-state index < -0.39 is 31.8 Å². The third kappa shape index (κ3) is 3.12. The van der Waals surface area contributed by atoms with Crippen molar-refractivity contribution >= 4 is 40.6 Å². The Morgan fingerprint density at radius 1 is 0.909 bits per heavy atom. The molecule has 0 unspecified atom stereocenters. The summed E-state index contributed by atoms with van der Waals surface area (Å²) in [7, 11) is 0. The second-order valence-electron chi connectivity index (χ2n) is 4.06. The Balaban J connectivity index is 2.65. The first-order chi connectivity index (χ1) is 10.4. The largest absolute Gasteiger partial charge is 0.290 e. The molecule has 0 amide bonds. The van der Waals surface area contributed by atoms with Gasteiger partial charge >= 0.3 is 0 Å². The summed E-state index contributed by atoms with van der Waals surface area (Å²) in [5.41, 5.74) is -1.65. The highest BCUT2D eigenvalue weighted by Gasteiger charge is 2.28. The van der Waals surface area contributed by atoms with E-state index in [1.165, 1.54) is 23.5 Å². The van der Waals surface area contributed by atoms with Gasteiger partial charge in [-0.1, -0.05) is 6.08 Å². The zero-order chi connectivity index (χ0) is 16.3. The minimum absolute atomic E-state index is 0.285. The van der Waals surface area contributed by atoms with Crippen LogP contribution in [-0.2, 0) is 0 Å². The smallest absolute Gasteiger partial charge is 0.258 e. The number of nitro benzene ring substituents is 3. The number of thiophene rings is 1. The summed E-state index contributed by atoms with van der Waals surface area (Å²) in [4.78, 5) is 30.2. The lowest BCUT2D eigenvalue weighted by atomic mass is 10.1. The van der Waals surface area contributed by atoms with Crippen LogP contribution in [0.3, 0.4) is 0 Å². The highest BCUT2D eigenvalue weighted by molar-refractivity contribution is 7.08. The van der Waals surface area contributed by atoms with Crippen molar-refractivity contribution in [2.45, 2.75) is 0 Å². The molecule has 0 N–H and O–H groups in total. The Morgan fingerprint density at radius 2 is 1.50 bits per heavy atom. The second-order valence-corrected chi connectivity index (χ2v) is 4.84. The maximum absolute atomic E-state index is 11.1. The molecule has 0 fully saturated rings. The molecule has 0 spiro atoms. The predicted molar refractivity (Wildman–Crippen MR) is 79.7 cm³/mol. The van der Waals surface area contributed by atoms with E-state index in [2.05, 4.69) is 0 Å². The van der Waals surface area contributed by atoms with Crippen LogP contribution in [0.15, 0.2) is 29.0 Å². The van der Waals surface area contributed by atoms with Gasteiger partial charge in [-0.15, -0.1) is 0 Å². The van der Waals surface area contributed by atoms with Crippen molar-refractivity contribution in [1.82, 2.24) is 0 Å². The minimum Gasteiger partial charge on any atom is -0.258 e. The van der Waals surface area contributed by atoms with Gasteiger partial charge in [0.05, 0.1) is 26.9 Å². The number of nitro groups is 3. The SMILES string of the molecule is O=[N+]([O-])c1cc([N+](=O)[O-])c(C=Cc2ccsc2)c([N+](=O)[O-])c1. The molecule has 9 nitrogen and oxygen atoms in total. The monoisotopic (exact) mass is 321 g/mol. The second kappa shape index (κ2) is 6.10. The summed E-state index contributed by atoms with van der Waals surface area (Å²) in [5.74, 6) is 0. The molecule has 0 radical (unpaired) electrons. The molecule has 22 heavy (non-hydrogen) atoms. The number of non-ortho nitro benzene ring substituents is 1. The van der Waals surface area contributed by atoms with Gasteiger partial charge in [0.25, 0.3) is 17.1 Å². The predicted octanol–water partition coefficient (Wildman–Crippen LogP) is 3.64.